The fourth-order valence-corrected chi connectivity index (χ4v) is 1.06. The summed E-state index contributed by atoms with van der Waals surface area (Å²) in [5.74, 6) is -0.956. The molecule has 13 heavy (non-hydrogen) atoms. The fourth-order valence-electron chi connectivity index (χ4n) is 1.06. The van der Waals surface area contributed by atoms with E-state index >= 15 is 0 Å². The van der Waals surface area contributed by atoms with Crippen LogP contribution in [-0.2, 0) is 6.18 Å². The molecule has 0 amide bonds. The molecule has 0 aliphatic rings. The molecule has 0 fully saturated rings. The van der Waals surface area contributed by atoms with Gasteiger partial charge in [-0.05, 0) is 6.07 Å². The van der Waals surface area contributed by atoms with Crippen LogP contribution in [0.5, 0.6) is 0 Å². The predicted molar refractivity (Wildman–Crippen MR) is 38.0 cm³/mol. The summed E-state index contributed by atoms with van der Waals surface area (Å²) in [6.07, 6.45) is -0.831. The summed E-state index contributed by atoms with van der Waals surface area (Å²) >= 11 is 0. The van der Waals surface area contributed by atoms with Crippen molar-refractivity contribution in [3.63, 3.8) is 0 Å². The van der Waals surface area contributed by atoms with Crippen molar-refractivity contribution in [3.8, 4) is 0 Å². The minimum absolute atomic E-state index is 0.238. The third-order valence-electron chi connectivity index (χ3n) is 1.57. The van der Waals surface area contributed by atoms with Crippen LogP contribution in [0.3, 0.4) is 0 Å². The molecule has 0 saturated heterocycles. The lowest BCUT2D eigenvalue weighted by Gasteiger charge is -2.06. The van der Waals surface area contributed by atoms with Gasteiger partial charge in [-0.2, -0.15) is 13.2 Å². The van der Waals surface area contributed by atoms with Gasteiger partial charge in [0.15, 0.2) is 0 Å². The molecule has 0 N–H and O–H groups in total. The van der Waals surface area contributed by atoms with Gasteiger partial charge in [-0.3, -0.25) is 4.40 Å². The van der Waals surface area contributed by atoms with E-state index in [2.05, 4.69) is 9.97 Å². The molecule has 0 aliphatic heterocycles. The highest BCUT2D eigenvalue weighted by atomic mass is 19.4. The predicted octanol–water partition coefficient (Wildman–Crippen LogP) is 1.75. The summed E-state index contributed by atoms with van der Waals surface area (Å²) in [6, 6.07) is 1.41. The number of fused-ring (bicyclic) bond motifs is 1. The summed E-state index contributed by atoms with van der Waals surface area (Å²) in [4.78, 5) is 6.96. The SMILES string of the molecule is FC(F)(F)c1nccc2nccn12. The molecular formula is C7H4F3N3. The minimum atomic E-state index is -4.44. The molecule has 0 atom stereocenters. The molecule has 2 aromatic rings. The van der Waals surface area contributed by atoms with Crippen molar-refractivity contribution in [2.24, 2.45) is 0 Å². The van der Waals surface area contributed by atoms with E-state index in [-0.39, 0.29) is 5.65 Å². The topological polar surface area (TPSA) is 30.2 Å². The number of nitrogens with zero attached hydrogens (tertiary/aromatic N) is 3. The number of halogens is 3. The molecule has 3 nitrogen and oxygen atoms in total. The summed E-state index contributed by atoms with van der Waals surface area (Å²) in [7, 11) is 0. The molecule has 0 unspecified atom stereocenters. The average Bonchev–Trinajstić information content (AvgIpc) is 2.48. The second kappa shape index (κ2) is 2.45. The van der Waals surface area contributed by atoms with Crippen molar-refractivity contribution >= 4 is 5.65 Å². The van der Waals surface area contributed by atoms with Crippen LogP contribution in [0.2, 0.25) is 0 Å². The lowest BCUT2D eigenvalue weighted by molar-refractivity contribution is -0.145. The first-order valence-corrected chi connectivity index (χ1v) is 3.44. The Morgan fingerprint density at radius 2 is 1.92 bits per heavy atom. The van der Waals surface area contributed by atoms with E-state index in [4.69, 9.17) is 0 Å². The molecule has 0 saturated carbocycles. The number of hydrogen-bond donors (Lipinski definition) is 0. The summed E-state index contributed by atoms with van der Waals surface area (Å²) in [5.41, 5.74) is 0.238. The van der Waals surface area contributed by atoms with E-state index in [1.165, 1.54) is 18.5 Å². The van der Waals surface area contributed by atoms with Crippen LogP contribution in [0, 0.1) is 0 Å². The first kappa shape index (κ1) is 8.03. The van der Waals surface area contributed by atoms with Crippen molar-refractivity contribution in [3.05, 3.63) is 30.5 Å². The molecule has 2 aromatic heterocycles. The molecule has 2 rings (SSSR count). The maximum absolute atomic E-state index is 12.3. The van der Waals surface area contributed by atoms with Crippen LogP contribution in [0.1, 0.15) is 5.82 Å². The van der Waals surface area contributed by atoms with Crippen molar-refractivity contribution in [1.82, 2.24) is 14.4 Å². The van der Waals surface area contributed by atoms with Gasteiger partial charge in [0.05, 0.1) is 0 Å². The molecule has 0 bridgehead atoms. The van der Waals surface area contributed by atoms with Crippen molar-refractivity contribution < 1.29 is 13.2 Å². The number of rotatable bonds is 0. The molecule has 0 radical (unpaired) electrons. The third-order valence-corrected chi connectivity index (χ3v) is 1.57. The van der Waals surface area contributed by atoms with Crippen LogP contribution < -0.4 is 0 Å². The lowest BCUT2D eigenvalue weighted by atomic mass is 10.5. The maximum atomic E-state index is 12.3. The maximum Gasteiger partial charge on any atom is 0.450 e. The molecule has 0 aliphatic carbocycles. The van der Waals surface area contributed by atoms with E-state index in [1.807, 2.05) is 0 Å². The van der Waals surface area contributed by atoms with Gasteiger partial charge in [0.2, 0.25) is 5.82 Å². The number of imidazole rings is 1. The number of aromatic nitrogens is 3. The Labute approximate surface area is 70.9 Å². The van der Waals surface area contributed by atoms with Crippen molar-refractivity contribution in [1.29, 1.82) is 0 Å². The van der Waals surface area contributed by atoms with Crippen LogP contribution in [0.15, 0.2) is 24.7 Å². The van der Waals surface area contributed by atoms with E-state index in [9.17, 15) is 13.2 Å². The van der Waals surface area contributed by atoms with Crippen LogP contribution in [-0.4, -0.2) is 14.4 Å². The van der Waals surface area contributed by atoms with Crippen molar-refractivity contribution in [2.45, 2.75) is 6.18 Å². The Hall–Kier alpha value is -1.59. The number of alkyl halides is 3. The highest BCUT2D eigenvalue weighted by molar-refractivity contribution is 5.37. The van der Waals surface area contributed by atoms with Crippen LogP contribution in [0.4, 0.5) is 13.2 Å². The Morgan fingerprint density at radius 3 is 2.62 bits per heavy atom. The zero-order valence-corrected chi connectivity index (χ0v) is 6.28. The fraction of sp³-hybridized carbons (Fsp3) is 0.143. The van der Waals surface area contributed by atoms with Gasteiger partial charge in [0.25, 0.3) is 0 Å². The van der Waals surface area contributed by atoms with Gasteiger partial charge in [0.1, 0.15) is 5.65 Å². The Morgan fingerprint density at radius 1 is 1.15 bits per heavy atom. The second-order valence-corrected chi connectivity index (χ2v) is 2.42. The summed E-state index contributed by atoms with van der Waals surface area (Å²) in [5, 5.41) is 0. The van der Waals surface area contributed by atoms with Gasteiger partial charge >= 0.3 is 6.18 Å². The Balaban J connectivity index is 2.75. The van der Waals surface area contributed by atoms with E-state index < -0.39 is 12.0 Å². The highest BCUT2D eigenvalue weighted by Gasteiger charge is 2.35. The first-order valence-electron chi connectivity index (χ1n) is 3.44. The van der Waals surface area contributed by atoms with Crippen LogP contribution in [0.25, 0.3) is 5.65 Å². The standard InChI is InChI=1S/C7H4F3N3/c8-7(9,10)6-12-2-1-5-11-3-4-13(5)6/h1-4H. The second-order valence-electron chi connectivity index (χ2n) is 2.42. The normalized spacial score (nSPS) is 12.2. The molecule has 0 aromatic carbocycles. The van der Waals surface area contributed by atoms with E-state index in [0.29, 0.717) is 0 Å². The number of hydrogen-bond acceptors (Lipinski definition) is 2. The lowest BCUT2D eigenvalue weighted by Crippen LogP contribution is -2.13. The molecule has 0 spiro atoms. The Kier molecular flexibility index (Phi) is 1.51. The molecule has 2 heterocycles. The van der Waals surface area contributed by atoms with Gasteiger partial charge in [-0.1, -0.05) is 0 Å². The monoisotopic (exact) mass is 187 g/mol. The zero-order valence-electron chi connectivity index (χ0n) is 6.28. The minimum Gasteiger partial charge on any atom is -0.280 e. The Bertz CT molecular complexity index is 432. The zero-order chi connectivity index (χ0) is 9.47. The smallest absolute Gasteiger partial charge is 0.280 e. The summed E-state index contributed by atoms with van der Waals surface area (Å²) in [6.45, 7) is 0. The van der Waals surface area contributed by atoms with Crippen LogP contribution >= 0.6 is 0 Å². The van der Waals surface area contributed by atoms with Gasteiger partial charge in [0, 0.05) is 18.6 Å². The highest BCUT2D eigenvalue weighted by Crippen LogP contribution is 2.27. The summed E-state index contributed by atoms with van der Waals surface area (Å²) < 4.78 is 37.8. The van der Waals surface area contributed by atoms with Gasteiger partial charge in [-0.15, -0.1) is 0 Å². The largest absolute Gasteiger partial charge is 0.450 e. The molecule has 68 valence electrons. The van der Waals surface area contributed by atoms with Gasteiger partial charge < -0.3 is 0 Å². The third kappa shape index (κ3) is 1.24. The van der Waals surface area contributed by atoms with E-state index in [1.54, 1.807) is 0 Å². The van der Waals surface area contributed by atoms with Gasteiger partial charge in [-0.25, -0.2) is 9.97 Å². The average molecular weight is 187 g/mol. The van der Waals surface area contributed by atoms with Crippen molar-refractivity contribution in [2.75, 3.05) is 0 Å². The van der Waals surface area contributed by atoms with E-state index in [0.717, 1.165) is 10.6 Å². The molecule has 6 heteroatoms. The quantitative estimate of drug-likeness (QED) is 0.628. The molecular weight excluding hydrogens is 183 g/mol. The first-order chi connectivity index (χ1) is 6.09.